The maximum atomic E-state index is 9.61. The maximum Gasteiger partial charge on any atom is 0.121 e. The van der Waals surface area contributed by atoms with Gasteiger partial charge in [0.25, 0.3) is 0 Å². The number of alkyl halides is 4. The number of hydrogen-bond donors (Lipinski definition) is 1. The van der Waals surface area contributed by atoms with Crippen molar-refractivity contribution in [1.29, 1.82) is 0 Å². The summed E-state index contributed by atoms with van der Waals surface area (Å²) in [6.07, 6.45) is 0. The molecule has 0 bridgehead atoms. The van der Waals surface area contributed by atoms with Crippen LogP contribution >= 0.6 is 63.7 Å². The van der Waals surface area contributed by atoms with Gasteiger partial charge in [0.15, 0.2) is 0 Å². The highest BCUT2D eigenvalue weighted by atomic mass is 79.9. The third kappa shape index (κ3) is 3.22. The normalized spacial score (nSPS) is 11.2. The molecular weight excluding hydrogens is 432 g/mol. The van der Waals surface area contributed by atoms with Crippen molar-refractivity contribution in [2.75, 3.05) is 0 Å². The Morgan fingerprint density at radius 3 is 2.00 bits per heavy atom. The second-order valence-electron chi connectivity index (χ2n) is 2.42. The van der Waals surface area contributed by atoms with E-state index in [4.69, 9.17) is 0 Å². The van der Waals surface area contributed by atoms with E-state index in [9.17, 15) is 5.11 Å². The predicted octanol–water partition coefficient (Wildman–Crippen LogP) is 4.97. The van der Waals surface area contributed by atoms with Crippen molar-refractivity contribution in [2.24, 2.45) is 0 Å². The van der Waals surface area contributed by atoms with Crippen molar-refractivity contribution < 1.29 is 5.11 Å². The molecule has 0 aliphatic heterocycles. The number of phenolic OH excluding ortho intramolecular Hbond substituents is 1. The molecule has 5 heteroatoms. The molecule has 13 heavy (non-hydrogen) atoms. The van der Waals surface area contributed by atoms with Crippen molar-refractivity contribution >= 4 is 63.7 Å². The number of halogens is 4. The molecule has 0 radical (unpaired) electrons. The number of hydrogen-bond acceptors (Lipinski definition) is 1. The zero-order chi connectivity index (χ0) is 10.0. The van der Waals surface area contributed by atoms with Crippen LogP contribution in [0.1, 0.15) is 18.6 Å². The highest BCUT2D eigenvalue weighted by Crippen LogP contribution is 2.38. The molecule has 0 saturated heterocycles. The molecule has 0 aliphatic rings. The van der Waals surface area contributed by atoms with Crippen molar-refractivity contribution in [3.63, 3.8) is 0 Å². The first-order valence-corrected chi connectivity index (χ1v) is 7.07. The monoisotopic (exact) mass is 434 g/mol. The van der Waals surface area contributed by atoms with Crippen molar-refractivity contribution in [3.8, 4) is 5.75 Å². The summed E-state index contributed by atoms with van der Waals surface area (Å²) in [6.45, 7) is 0. The van der Waals surface area contributed by atoms with Gasteiger partial charge >= 0.3 is 0 Å². The van der Waals surface area contributed by atoms with Gasteiger partial charge in [-0.1, -0.05) is 75.9 Å². The van der Waals surface area contributed by atoms with Crippen LogP contribution in [-0.4, -0.2) is 5.11 Å². The Kier molecular flexibility index (Phi) is 4.75. The molecule has 0 spiro atoms. The fourth-order valence-corrected chi connectivity index (χ4v) is 2.22. The van der Waals surface area contributed by atoms with Gasteiger partial charge in [0, 0.05) is 5.56 Å². The summed E-state index contributed by atoms with van der Waals surface area (Å²) in [5.41, 5.74) is 1.81. The van der Waals surface area contributed by atoms with Gasteiger partial charge < -0.3 is 5.11 Å². The lowest BCUT2D eigenvalue weighted by atomic mass is 10.1. The minimum atomic E-state index is -0.0156. The van der Waals surface area contributed by atoms with Crippen molar-refractivity contribution in [1.82, 2.24) is 0 Å². The van der Waals surface area contributed by atoms with Crippen LogP contribution < -0.4 is 0 Å². The van der Waals surface area contributed by atoms with Gasteiger partial charge in [0.05, 0.1) is 7.47 Å². The number of aromatic hydroxyl groups is 1. The Balaban J connectivity index is 3.06. The molecule has 0 saturated carbocycles. The lowest BCUT2D eigenvalue weighted by molar-refractivity contribution is 0.470. The Morgan fingerprint density at radius 1 is 1.00 bits per heavy atom. The Labute approximate surface area is 110 Å². The Bertz CT molecular complexity index is 298. The molecule has 1 N–H and O–H groups in total. The SMILES string of the molecule is Oc1cc(C(Br)Br)ccc1C(Br)Br. The Hall–Kier alpha value is 0.940. The van der Waals surface area contributed by atoms with E-state index >= 15 is 0 Å². The standard InChI is InChI=1S/C8H6Br4O/c9-7(10)4-1-2-5(8(11)12)6(13)3-4/h1-3,7-8,13H. The van der Waals surface area contributed by atoms with Gasteiger partial charge in [-0.25, -0.2) is 0 Å². The number of rotatable bonds is 2. The van der Waals surface area contributed by atoms with Gasteiger partial charge in [0.1, 0.15) is 5.75 Å². The third-order valence-corrected chi connectivity index (χ3v) is 3.59. The van der Waals surface area contributed by atoms with Crippen LogP contribution in [0.3, 0.4) is 0 Å². The molecular formula is C8H6Br4O. The van der Waals surface area contributed by atoms with Crippen molar-refractivity contribution in [2.45, 2.75) is 7.47 Å². The molecule has 0 atom stereocenters. The van der Waals surface area contributed by atoms with Crippen LogP contribution in [0.25, 0.3) is 0 Å². The van der Waals surface area contributed by atoms with Gasteiger partial charge in [0.2, 0.25) is 0 Å². The smallest absolute Gasteiger partial charge is 0.121 e. The van der Waals surface area contributed by atoms with E-state index in [0.717, 1.165) is 11.1 Å². The summed E-state index contributed by atoms with van der Waals surface area (Å²) in [6, 6.07) is 5.53. The topological polar surface area (TPSA) is 20.2 Å². The fraction of sp³-hybridized carbons (Fsp3) is 0.250. The first kappa shape index (κ1) is 12.0. The van der Waals surface area contributed by atoms with Crippen LogP contribution in [0.2, 0.25) is 0 Å². The lowest BCUT2D eigenvalue weighted by Gasteiger charge is -2.08. The van der Waals surface area contributed by atoms with E-state index in [-0.39, 0.29) is 13.2 Å². The van der Waals surface area contributed by atoms with E-state index in [0.29, 0.717) is 0 Å². The quantitative estimate of drug-likeness (QED) is 0.648. The van der Waals surface area contributed by atoms with Gasteiger partial charge in [-0.05, 0) is 11.6 Å². The summed E-state index contributed by atoms with van der Waals surface area (Å²) in [7, 11) is 0. The highest BCUT2D eigenvalue weighted by molar-refractivity contribution is 9.24. The summed E-state index contributed by atoms with van der Waals surface area (Å²) < 4.78 is 0.0576. The summed E-state index contributed by atoms with van der Waals surface area (Å²) in [4.78, 5) is 0. The molecule has 0 heterocycles. The highest BCUT2D eigenvalue weighted by Gasteiger charge is 2.10. The van der Waals surface area contributed by atoms with Gasteiger partial charge in [-0.2, -0.15) is 0 Å². The summed E-state index contributed by atoms with van der Waals surface area (Å²) >= 11 is 13.4. The van der Waals surface area contributed by atoms with Crippen LogP contribution in [0.4, 0.5) is 0 Å². The molecule has 0 fully saturated rings. The second kappa shape index (κ2) is 5.14. The van der Waals surface area contributed by atoms with E-state index < -0.39 is 0 Å². The lowest BCUT2D eigenvalue weighted by Crippen LogP contribution is -1.86. The maximum absolute atomic E-state index is 9.61. The largest absolute Gasteiger partial charge is 0.508 e. The molecule has 1 rings (SSSR count). The molecule has 1 nitrogen and oxygen atoms in total. The van der Waals surface area contributed by atoms with E-state index in [1.54, 1.807) is 6.07 Å². The molecule has 72 valence electrons. The molecule has 0 aliphatic carbocycles. The van der Waals surface area contributed by atoms with Crippen LogP contribution in [-0.2, 0) is 0 Å². The average Bonchev–Trinajstić information content (AvgIpc) is 2.03. The number of phenols is 1. The number of benzene rings is 1. The van der Waals surface area contributed by atoms with E-state index in [1.165, 1.54) is 0 Å². The van der Waals surface area contributed by atoms with Gasteiger partial charge in [-0.3, -0.25) is 0 Å². The fourth-order valence-electron chi connectivity index (χ4n) is 0.881. The zero-order valence-corrected chi connectivity index (χ0v) is 12.7. The minimum absolute atomic E-state index is 0.0156. The predicted molar refractivity (Wildman–Crippen MR) is 69.3 cm³/mol. The first-order chi connectivity index (χ1) is 6.02. The second-order valence-corrected chi connectivity index (χ2v) is 8.54. The molecule has 1 aromatic carbocycles. The van der Waals surface area contributed by atoms with Crippen LogP contribution in [0, 0.1) is 0 Å². The van der Waals surface area contributed by atoms with Crippen LogP contribution in [0.15, 0.2) is 18.2 Å². The molecule has 0 amide bonds. The molecule has 1 aromatic rings. The molecule has 0 aromatic heterocycles. The van der Waals surface area contributed by atoms with E-state index in [2.05, 4.69) is 63.7 Å². The zero-order valence-electron chi connectivity index (χ0n) is 6.35. The summed E-state index contributed by atoms with van der Waals surface area (Å²) in [5, 5.41) is 9.61. The van der Waals surface area contributed by atoms with Crippen LogP contribution in [0.5, 0.6) is 5.75 Å². The average molecular weight is 438 g/mol. The minimum Gasteiger partial charge on any atom is -0.508 e. The molecule has 0 unspecified atom stereocenters. The Morgan fingerprint density at radius 2 is 1.62 bits per heavy atom. The van der Waals surface area contributed by atoms with E-state index in [1.807, 2.05) is 12.1 Å². The summed E-state index contributed by atoms with van der Waals surface area (Å²) in [5.74, 6) is 0.278. The first-order valence-electron chi connectivity index (χ1n) is 3.41. The van der Waals surface area contributed by atoms with Gasteiger partial charge in [-0.15, -0.1) is 0 Å². The van der Waals surface area contributed by atoms with Crippen molar-refractivity contribution in [3.05, 3.63) is 29.3 Å². The third-order valence-electron chi connectivity index (χ3n) is 1.54.